The maximum Gasteiger partial charge on any atom is 0.171 e. The molecule has 3 nitrogen and oxygen atoms in total. The van der Waals surface area contributed by atoms with Gasteiger partial charge in [-0.1, -0.05) is 0 Å². The van der Waals surface area contributed by atoms with Gasteiger partial charge in [0.1, 0.15) is 5.82 Å². The second kappa shape index (κ2) is 6.88. The van der Waals surface area contributed by atoms with Crippen LogP contribution in [0.1, 0.15) is 6.92 Å². The second-order valence-corrected chi connectivity index (χ2v) is 4.85. The third-order valence-electron chi connectivity index (χ3n) is 1.97. The lowest BCUT2D eigenvalue weighted by molar-refractivity contribution is 0.179. The number of rotatable bonds is 4. The second-order valence-electron chi connectivity index (χ2n) is 3.58. The molecule has 0 radical (unpaired) electrons. The van der Waals surface area contributed by atoms with Gasteiger partial charge in [-0.3, -0.25) is 0 Å². The average Bonchev–Trinajstić information content (AvgIpc) is 2.23. The minimum atomic E-state index is -0.304. The van der Waals surface area contributed by atoms with Gasteiger partial charge in [0.15, 0.2) is 5.11 Å². The molecule has 0 fully saturated rings. The summed E-state index contributed by atoms with van der Waals surface area (Å²) in [6, 6.07) is 4.73. The van der Waals surface area contributed by atoms with Gasteiger partial charge >= 0.3 is 0 Å². The van der Waals surface area contributed by atoms with E-state index in [1.807, 2.05) is 6.92 Å². The maximum absolute atomic E-state index is 13.0. The number of ether oxygens (including phenoxy) is 1. The monoisotopic (exact) mass is 320 g/mol. The van der Waals surface area contributed by atoms with Crippen LogP contribution in [0.4, 0.5) is 10.1 Å². The quantitative estimate of drug-likeness (QED) is 0.836. The van der Waals surface area contributed by atoms with Crippen LogP contribution in [0, 0.1) is 5.82 Å². The van der Waals surface area contributed by atoms with Crippen LogP contribution in [0.5, 0.6) is 0 Å². The molecule has 0 aromatic heterocycles. The molecular weight excluding hydrogens is 307 g/mol. The van der Waals surface area contributed by atoms with Crippen LogP contribution in [0.25, 0.3) is 0 Å². The van der Waals surface area contributed by atoms with Gasteiger partial charge in [0.2, 0.25) is 0 Å². The van der Waals surface area contributed by atoms with Gasteiger partial charge in [-0.05, 0) is 53.3 Å². The van der Waals surface area contributed by atoms with Crippen LogP contribution < -0.4 is 10.6 Å². The lowest BCUT2D eigenvalue weighted by Crippen LogP contribution is -2.38. The van der Waals surface area contributed by atoms with Gasteiger partial charge in [0.25, 0.3) is 0 Å². The summed E-state index contributed by atoms with van der Waals surface area (Å²) in [5.41, 5.74) is 0.723. The van der Waals surface area contributed by atoms with Crippen LogP contribution in [0.3, 0.4) is 0 Å². The molecule has 0 spiro atoms. The normalized spacial score (nSPS) is 12.0. The molecule has 0 heterocycles. The van der Waals surface area contributed by atoms with Crippen molar-refractivity contribution in [1.82, 2.24) is 5.32 Å². The molecule has 0 saturated heterocycles. The lowest BCUT2D eigenvalue weighted by atomic mass is 10.3. The van der Waals surface area contributed by atoms with Gasteiger partial charge in [-0.25, -0.2) is 4.39 Å². The minimum absolute atomic E-state index is 0.115. The van der Waals surface area contributed by atoms with Gasteiger partial charge in [-0.15, -0.1) is 0 Å². The summed E-state index contributed by atoms with van der Waals surface area (Å²) in [6.45, 7) is 2.52. The highest BCUT2D eigenvalue weighted by molar-refractivity contribution is 9.10. The highest BCUT2D eigenvalue weighted by atomic mass is 79.9. The summed E-state index contributed by atoms with van der Waals surface area (Å²) in [6.07, 6.45) is 0. The number of nitrogens with one attached hydrogen (secondary N) is 2. The highest BCUT2D eigenvalue weighted by Crippen LogP contribution is 2.19. The molecule has 0 aliphatic heterocycles. The summed E-state index contributed by atoms with van der Waals surface area (Å²) >= 11 is 8.23. The summed E-state index contributed by atoms with van der Waals surface area (Å²) in [5.74, 6) is -0.304. The van der Waals surface area contributed by atoms with Crippen molar-refractivity contribution in [2.45, 2.75) is 13.0 Å². The molecule has 1 aromatic rings. The van der Waals surface area contributed by atoms with Crippen LogP contribution in [0.2, 0.25) is 0 Å². The summed E-state index contributed by atoms with van der Waals surface area (Å²) in [5, 5.41) is 6.50. The zero-order valence-electron chi connectivity index (χ0n) is 9.59. The van der Waals surface area contributed by atoms with Gasteiger partial charge in [-0.2, -0.15) is 0 Å². The van der Waals surface area contributed by atoms with E-state index >= 15 is 0 Å². The maximum atomic E-state index is 13.0. The molecule has 1 atom stereocenters. The van der Waals surface area contributed by atoms with Crippen molar-refractivity contribution < 1.29 is 9.13 Å². The zero-order valence-corrected chi connectivity index (χ0v) is 12.0. The third-order valence-corrected chi connectivity index (χ3v) is 2.80. The molecular formula is C11H14BrFN2OS. The smallest absolute Gasteiger partial charge is 0.171 e. The van der Waals surface area contributed by atoms with Crippen molar-refractivity contribution in [2.75, 3.05) is 19.0 Å². The van der Waals surface area contributed by atoms with E-state index in [2.05, 4.69) is 26.6 Å². The molecule has 1 rings (SSSR count). The molecule has 17 heavy (non-hydrogen) atoms. The SMILES string of the molecule is COCC(C)NC(=S)Nc1ccc(F)c(Br)c1. The number of benzene rings is 1. The van der Waals surface area contributed by atoms with E-state index in [1.54, 1.807) is 19.2 Å². The Morgan fingerprint density at radius 2 is 2.29 bits per heavy atom. The Morgan fingerprint density at radius 1 is 1.59 bits per heavy atom. The Morgan fingerprint density at radius 3 is 2.88 bits per heavy atom. The third kappa shape index (κ3) is 4.97. The number of hydrogen-bond acceptors (Lipinski definition) is 2. The van der Waals surface area contributed by atoms with Gasteiger partial charge in [0.05, 0.1) is 11.1 Å². The fourth-order valence-corrected chi connectivity index (χ4v) is 1.95. The summed E-state index contributed by atoms with van der Waals surface area (Å²) < 4.78 is 18.4. The Bertz CT molecular complexity index is 403. The Hall–Kier alpha value is -0.720. The van der Waals surface area contributed by atoms with Crippen LogP contribution in [-0.4, -0.2) is 24.9 Å². The first-order valence-corrected chi connectivity index (χ1v) is 6.24. The number of anilines is 1. The minimum Gasteiger partial charge on any atom is -0.383 e. The fraction of sp³-hybridized carbons (Fsp3) is 0.364. The predicted octanol–water partition coefficient (Wildman–Crippen LogP) is 2.91. The molecule has 0 bridgehead atoms. The molecule has 94 valence electrons. The van der Waals surface area contributed by atoms with E-state index in [1.165, 1.54) is 6.07 Å². The van der Waals surface area contributed by atoms with Crippen molar-refractivity contribution in [1.29, 1.82) is 0 Å². The van der Waals surface area contributed by atoms with E-state index in [4.69, 9.17) is 17.0 Å². The predicted molar refractivity (Wildman–Crippen MR) is 74.8 cm³/mol. The van der Waals surface area contributed by atoms with Crippen LogP contribution in [0.15, 0.2) is 22.7 Å². The molecule has 0 amide bonds. The Labute approximate surface area is 114 Å². The van der Waals surface area contributed by atoms with Crippen molar-refractivity contribution in [3.05, 3.63) is 28.5 Å². The molecule has 2 N–H and O–H groups in total. The standard InChI is InChI=1S/C11H14BrFN2OS/c1-7(6-16-2)14-11(17)15-8-3-4-10(13)9(12)5-8/h3-5,7H,6H2,1-2H3,(H2,14,15,17). The van der Waals surface area contributed by atoms with Crippen molar-refractivity contribution in [3.8, 4) is 0 Å². The number of methoxy groups -OCH3 is 1. The van der Waals surface area contributed by atoms with Crippen molar-refractivity contribution >= 4 is 38.9 Å². The molecule has 0 aliphatic carbocycles. The van der Waals surface area contributed by atoms with E-state index < -0.39 is 0 Å². The van der Waals surface area contributed by atoms with Gasteiger partial charge < -0.3 is 15.4 Å². The topological polar surface area (TPSA) is 33.3 Å². The first-order valence-electron chi connectivity index (χ1n) is 5.04. The van der Waals surface area contributed by atoms with E-state index in [0.717, 1.165) is 5.69 Å². The molecule has 0 aliphatic rings. The van der Waals surface area contributed by atoms with Crippen molar-refractivity contribution in [2.24, 2.45) is 0 Å². The van der Waals surface area contributed by atoms with Crippen LogP contribution in [-0.2, 0) is 4.74 Å². The van der Waals surface area contributed by atoms with E-state index in [9.17, 15) is 4.39 Å². The van der Waals surface area contributed by atoms with E-state index in [0.29, 0.717) is 16.2 Å². The summed E-state index contributed by atoms with van der Waals surface area (Å²) in [7, 11) is 1.63. The van der Waals surface area contributed by atoms with Gasteiger partial charge in [0, 0.05) is 18.8 Å². The number of halogens is 2. The van der Waals surface area contributed by atoms with E-state index in [-0.39, 0.29) is 11.9 Å². The summed E-state index contributed by atoms with van der Waals surface area (Å²) in [4.78, 5) is 0. The average molecular weight is 321 g/mol. The number of thiocarbonyl (C=S) groups is 1. The van der Waals surface area contributed by atoms with Crippen molar-refractivity contribution in [3.63, 3.8) is 0 Å². The first kappa shape index (κ1) is 14.3. The Balaban J connectivity index is 2.53. The molecule has 1 unspecified atom stereocenters. The largest absolute Gasteiger partial charge is 0.383 e. The Kier molecular flexibility index (Phi) is 5.80. The van der Waals surface area contributed by atoms with Crippen LogP contribution >= 0.6 is 28.1 Å². The lowest BCUT2D eigenvalue weighted by Gasteiger charge is -2.16. The molecule has 6 heteroatoms. The highest BCUT2D eigenvalue weighted by Gasteiger charge is 2.05. The number of hydrogen-bond donors (Lipinski definition) is 2. The fourth-order valence-electron chi connectivity index (χ4n) is 1.26. The molecule has 1 aromatic carbocycles. The first-order chi connectivity index (χ1) is 8.02. The zero-order chi connectivity index (χ0) is 12.8. The molecule has 0 saturated carbocycles.